The second-order valence-corrected chi connectivity index (χ2v) is 7.40. The summed E-state index contributed by atoms with van der Waals surface area (Å²) in [6.07, 6.45) is 3.64. The van der Waals surface area contributed by atoms with Gasteiger partial charge in [0.05, 0.1) is 6.04 Å². The average Bonchev–Trinajstić information content (AvgIpc) is 3.24. The number of aryl methyl sites for hydroxylation is 1. The molecule has 1 fully saturated rings. The highest BCUT2D eigenvalue weighted by Gasteiger charge is 2.39. The van der Waals surface area contributed by atoms with Crippen LogP contribution in [0.3, 0.4) is 0 Å². The van der Waals surface area contributed by atoms with Crippen LogP contribution in [0.1, 0.15) is 42.6 Å². The number of carbonyl (C=O) groups is 1. The predicted octanol–water partition coefficient (Wildman–Crippen LogP) is 4.09. The van der Waals surface area contributed by atoms with Gasteiger partial charge in [0, 0.05) is 18.7 Å². The van der Waals surface area contributed by atoms with Gasteiger partial charge in [0.15, 0.2) is 0 Å². The van der Waals surface area contributed by atoms with Crippen molar-refractivity contribution in [2.24, 2.45) is 0 Å². The van der Waals surface area contributed by atoms with Gasteiger partial charge in [0.1, 0.15) is 11.9 Å². The van der Waals surface area contributed by atoms with Crippen LogP contribution in [-0.2, 0) is 11.2 Å². The number of carbonyl (C=O) groups excluding carboxylic acids is 1. The van der Waals surface area contributed by atoms with E-state index in [9.17, 15) is 4.79 Å². The topological polar surface area (TPSA) is 41.6 Å². The van der Waals surface area contributed by atoms with Gasteiger partial charge in [-0.25, -0.2) is 0 Å². The largest absolute Gasteiger partial charge is 0.484 e. The number of hydrogen-bond acceptors (Lipinski definition) is 3. The Hall–Kier alpha value is -2.33. The smallest absolute Gasteiger partial charge is 0.221 e. The van der Waals surface area contributed by atoms with Gasteiger partial charge < -0.3 is 10.1 Å². The zero-order valence-corrected chi connectivity index (χ0v) is 15.5. The van der Waals surface area contributed by atoms with Crippen molar-refractivity contribution in [1.82, 2.24) is 4.90 Å². The number of likely N-dealkylation sites (tertiary alicyclic amines) is 1. The molecule has 26 heavy (non-hydrogen) atoms. The van der Waals surface area contributed by atoms with Gasteiger partial charge in [0.25, 0.3) is 0 Å². The maximum absolute atomic E-state index is 11.3. The average molecular weight is 350 g/mol. The molecule has 2 aromatic carbocycles. The van der Waals surface area contributed by atoms with Crippen LogP contribution in [0.2, 0.25) is 0 Å². The molecule has 4 rings (SSSR count). The lowest BCUT2D eigenvalue weighted by Crippen LogP contribution is -2.38. The van der Waals surface area contributed by atoms with Crippen molar-refractivity contribution in [3.8, 4) is 5.75 Å². The lowest BCUT2D eigenvalue weighted by atomic mass is 10.0. The van der Waals surface area contributed by atoms with Crippen molar-refractivity contribution in [3.05, 3.63) is 59.2 Å². The molecule has 1 heterocycles. The van der Waals surface area contributed by atoms with Gasteiger partial charge >= 0.3 is 0 Å². The number of rotatable bonds is 4. The molecule has 0 spiro atoms. The molecular weight excluding hydrogens is 324 g/mol. The van der Waals surface area contributed by atoms with E-state index in [1.165, 1.54) is 36.5 Å². The van der Waals surface area contributed by atoms with Gasteiger partial charge in [-0.3, -0.25) is 9.69 Å². The minimum absolute atomic E-state index is 0.0376. The molecule has 4 nitrogen and oxygen atoms in total. The van der Waals surface area contributed by atoms with Gasteiger partial charge in [-0.1, -0.05) is 24.3 Å². The highest BCUT2D eigenvalue weighted by atomic mass is 16.5. The number of anilines is 1. The molecular formula is C22H26N2O2. The van der Waals surface area contributed by atoms with E-state index >= 15 is 0 Å². The van der Waals surface area contributed by atoms with Crippen LogP contribution in [0.4, 0.5) is 5.69 Å². The number of nitrogens with one attached hydrogen (secondary N) is 1. The van der Waals surface area contributed by atoms with Crippen LogP contribution in [0.25, 0.3) is 0 Å². The maximum atomic E-state index is 11.3. The number of benzene rings is 2. The van der Waals surface area contributed by atoms with Gasteiger partial charge in [-0.15, -0.1) is 0 Å². The Morgan fingerprint density at radius 1 is 1.15 bits per heavy atom. The summed E-state index contributed by atoms with van der Waals surface area (Å²) in [6, 6.07) is 14.6. The Morgan fingerprint density at radius 3 is 2.69 bits per heavy atom. The standard InChI is InChI=1S/C22H26N2O2/c1-15-7-5-10-19-20(15)14-21(24-11-3-4-12-24)22(19)26-18-9-6-8-17(13-18)23-16(2)25/h5-10,13,21-22H,3-4,11-12,14H2,1-2H3,(H,23,25)/t21-,22-/m0/s1. The first kappa shape index (κ1) is 17.1. The quantitative estimate of drug-likeness (QED) is 0.903. The predicted molar refractivity (Wildman–Crippen MR) is 104 cm³/mol. The Balaban J connectivity index is 1.64. The third-order valence-corrected chi connectivity index (χ3v) is 5.54. The second kappa shape index (κ2) is 7.12. The Morgan fingerprint density at radius 2 is 1.92 bits per heavy atom. The van der Waals surface area contributed by atoms with E-state index in [4.69, 9.17) is 4.74 Å². The van der Waals surface area contributed by atoms with E-state index in [2.05, 4.69) is 35.3 Å². The maximum Gasteiger partial charge on any atom is 0.221 e. The molecule has 1 saturated heterocycles. The Bertz CT molecular complexity index is 812. The van der Waals surface area contributed by atoms with Crippen LogP contribution in [-0.4, -0.2) is 29.9 Å². The summed E-state index contributed by atoms with van der Waals surface area (Å²) < 4.78 is 6.51. The summed E-state index contributed by atoms with van der Waals surface area (Å²) in [5, 5.41) is 2.84. The molecule has 0 aromatic heterocycles. The summed E-state index contributed by atoms with van der Waals surface area (Å²) in [7, 11) is 0. The molecule has 0 unspecified atom stereocenters. The van der Waals surface area contributed by atoms with Crippen LogP contribution >= 0.6 is 0 Å². The molecule has 2 aliphatic rings. The van der Waals surface area contributed by atoms with Crippen molar-refractivity contribution >= 4 is 11.6 Å². The van der Waals surface area contributed by atoms with Crippen molar-refractivity contribution < 1.29 is 9.53 Å². The molecule has 0 bridgehead atoms. The monoisotopic (exact) mass is 350 g/mol. The first-order valence-electron chi connectivity index (χ1n) is 9.48. The van der Waals surface area contributed by atoms with Crippen molar-refractivity contribution in [2.45, 2.75) is 45.3 Å². The van der Waals surface area contributed by atoms with Crippen LogP contribution < -0.4 is 10.1 Å². The number of nitrogens with zero attached hydrogens (tertiary/aromatic N) is 1. The fourth-order valence-corrected chi connectivity index (χ4v) is 4.33. The first-order valence-corrected chi connectivity index (χ1v) is 9.48. The molecule has 0 radical (unpaired) electrons. The fourth-order valence-electron chi connectivity index (χ4n) is 4.33. The third kappa shape index (κ3) is 3.34. The minimum Gasteiger partial charge on any atom is -0.484 e. The molecule has 1 aliphatic heterocycles. The minimum atomic E-state index is -0.0704. The van der Waals surface area contributed by atoms with E-state index in [0.29, 0.717) is 6.04 Å². The molecule has 136 valence electrons. The summed E-state index contributed by atoms with van der Waals surface area (Å²) in [4.78, 5) is 13.9. The summed E-state index contributed by atoms with van der Waals surface area (Å²) >= 11 is 0. The summed E-state index contributed by atoms with van der Waals surface area (Å²) in [5.41, 5.74) is 4.87. The summed E-state index contributed by atoms with van der Waals surface area (Å²) in [6.45, 7) is 6.03. The molecule has 1 aliphatic carbocycles. The zero-order valence-electron chi connectivity index (χ0n) is 15.5. The van der Waals surface area contributed by atoms with Crippen LogP contribution in [0, 0.1) is 6.92 Å². The van der Waals surface area contributed by atoms with E-state index in [0.717, 1.165) is 30.9 Å². The third-order valence-electron chi connectivity index (χ3n) is 5.54. The molecule has 0 saturated carbocycles. The highest BCUT2D eigenvalue weighted by molar-refractivity contribution is 5.88. The van der Waals surface area contributed by atoms with Gasteiger partial charge in [0.2, 0.25) is 5.91 Å². The molecule has 1 N–H and O–H groups in total. The Kier molecular flexibility index (Phi) is 4.68. The number of ether oxygens (including phenoxy) is 1. The second-order valence-electron chi connectivity index (χ2n) is 7.40. The SMILES string of the molecule is CC(=O)Nc1cccc(O[C@H]2c3cccc(C)c3C[C@@H]2N2CCCC2)c1. The number of amides is 1. The lowest BCUT2D eigenvalue weighted by molar-refractivity contribution is -0.114. The van der Waals surface area contributed by atoms with E-state index in [1.54, 1.807) is 0 Å². The molecule has 4 heteroatoms. The molecule has 2 aromatic rings. The fraction of sp³-hybridized carbons (Fsp3) is 0.409. The van der Waals surface area contributed by atoms with E-state index in [-0.39, 0.29) is 12.0 Å². The lowest BCUT2D eigenvalue weighted by Gasteiger charge is -2.30. The highest BCUT2D eigenvalue weighted by Crippen LogP contribution is 2.40. The molecule has 2 atom stereocenters. The van der Waals surface area contributed by atoms with Crippen molar-refractivity contribution in [1.29, 1.82) is 0 Å². The Labute approximate surface area is 155 Å². The number of fused-ring (bicyclic) bond motifs is 1. The van der Waals surface area contributed by atoms with Gasteiger partial charge in [-0.05, 0) is 68.1 Å². The van der Waals surface area contributed by atoms with Crippen molar-refractivity contribution in [2.75, 3.05) is 18.4 Å². The van der Waals surface area contributed by atoms with Crippen molar-refractivity contribution in [3.63, 3.8) is 0 Å². The van der Waals surface area contributed by atoms with E-state index in [1.807, 2.05) is 24.3 Å². The van der Waals surface area contributed by atoms with E-state index < -0.39 is 0 Å². The number of hydrogen-bond donors (Lipinski definition) is 1. The first-order chi connectivity index (χ1) is 12.6. The summed E-state index contributed by atoms with van der Waals surface area (Å²) in [5.74, 6) is 0.735. The van der Waals surface area contributed by atoms with Gasteiger partial charge in [-0.2, -0.15) is 0 Å². The molecule has 1 amide bonds. The normalized spacial score (nSPS) is 22.2. The van der Waals surface area contributed by atoms with Crippen LogP contribution in [0.15, 0.2) is 42.5 Å². The van der Waals surface area contributed by atoms with Crippen LogP contribution in [0.5, 0.6) is 5.75 Å². The zero-order chi connectivity index (χ0) is 18.1.